The van der Waals surface area contributed by atoms with E-state index in [1.807, 2.05) is 32.0 Å². The second kappa shape index (κ2) is 6.15. The lowest BCUT2D eigenvalue weighted by Crippen LogP contribution is -2.16. The highest BCUT2D eigenvalue weighted by atomic mass is 35.5. The number of halogens is 1. The van der Waals surface area contributed by atoms with E-state index in [2.05, 4.69) is 10.2 Å². The minimum absolute atomic E-state index is 0.245. The van der Waals surface area contributed by atoms with Crippen molar-refractivity contribution in [3.63, 3.8) is 0 Å². The summed E-state index contributed by atoms with van der Waals surface area (Å²) in [6, 6.07) is 7.45. The maximum absolute atomic E-state index is 6.08. The maximum Gasteiger partial charge on any atom is 0.244 e. The average Bonchev–Trinajstić information content (AvgIpc) is 2.41. The standard InChI is InChI=1S/C14H14ClN3OS/c1-8-9(2)17-18-14(12(8)13(16)20)19-7-10-5-3-4-6-11(10)15/h3-6H,7H2,1-2H3,(H2,16,20). The molecule has 104 valence electrons. The van der Waals surface area contributed by atoms with E-state index in [4.69, 9.17) is 34.3 Å². The van der Waals surface area contributed by atoms with Gasteiger partial charge in [-0.05, 0) is 25.5 Å². The quantitative estimate of drug-likeness (QED) is 0.880. The topological polar surface area (TPSA) is 61.0 Å². The van der Waals surface area contributed by atoms with Crippen molar-refractivity contribution < 1.29 is 4.74 Å². The van der Waals surface area contributed by atoms with Gasteiger partial charge >= 0.3 is 0 Å². The number of hydrogen-bond acceptors (Lipinski definition) is 4. The van der Waals surface area contributed by atoms with Crippen molar-refractivity contribution in [1.82, 2.24) is 10.2 Å². The highest BCUT2D eigenvalue weighted by Crippen LogP contribution is 2.23. The fourth-order valence-corrected chi connectivity index (χ4v) is 2.17. The average molecular weight is 308 g/mol. The van der Waals surface area contributed by atoms with Gasteiger partial charge in [-0.2, -0.15) is 5.10 Å². The second-order valence-electron chi connectivity index (χ2n) is 4.33. The van der Waals surface area contributed by atoms with Crippen molar-refractivity contribution in [3.05, 3.63) is 51.7 Å². The van der Waals surface area contributed by atoms with Gasteiger partial charge in [0.05, 0.1) is 11.3 Å². The van der Waals surface area contributed by atoms with Crippen molar-refractivity contribution in [1.29, 1.82) is 0 Å². The molecule has 0 spiro atoms. The molecule has 20 heavy (non-hydrogen) atoms. The molecule has 6 heteroatoms. The summed E-state index contributed by atoms with van der Waals surface area (Å²) in [6.07, 6.45) is 0. The Bertz CT molecular complexity index is 661. The third kappa shape index (κ3) is 3.05. The van der Waals surface area contributed by atoms with Crippen LogP contribution in [0.1, 0.15) is 22.4 Å². The SMILES string of the molecule is Cc1nnc(OCc2ccccc2Cl)c(C(N)=S)c1C. The Labute approximate surface area is 127 Å². The molecule has 4 nitrogen and oxygen atoms in total. The Kier molecular flexibility index (Phi) is 4.52. The van der Waals surface area contributed by atoms with Crippen LogP contribution in [-0.2, 0) is 6.61 Å². The first-order chi connectivity index (χ1) is 9.50. The number of rotatable bonds is 4. The predicted octanol–water partition coefficient (Wildman–Crippen LogP) is 2.96. The largest absolute Gasteiger partial charge is 0.471 e. The van der Waals surface area contributed by atoms with E-state index in [1.54, 1.807) is 6.07 Å². The Morgan fingerprint density at radius 1 is 1.30 bits per heavy atom. The molecule has 0 saturated carbocycles. The number of aryl methyl sites for hydroxylation is 1. The molecular formula is C14H14ClN3OS. The first-order valence-corrected chi connectivity index (χ1v) is 6.79. The number of nitrogens with two attached hydrogens (primary N) is 1. The summed E-state index contributed by atoms with van der Waals surface area (Å²) in [7, 11) is 0. The molecule has 0 radical (unpaired) electrons. The van der Waals surface area contributed by atoms with Crippen LogP contribution < -0.4 is 10.5 Å². The number of thiocarbonyl (C=S) groups is 1. The molecule has 1 aromatic heterocycles. The van der Waals surface area contributed by atoms with Crippen molar-refractivity contribution in [2.75, 3.05) is 0 Å². The van der Waals surface area contributed by atoms with Crippen LogP contribution in [0.3, 0.4) is 0 Å². The molecule has 0 bridgehead atoms. The van der Waals surface area contributed by atoms with E-state index in [0.29, 0.717) is 16.5 Å². The van der Waals surface area contributed by atoms with Gasteiger partial charge in [0.1, 0.15) is 11.6 Å². The number of benzene rings is 1. The Balaban J connectivity index is 2.29. The minimum Gasteiger partial charge on any atom is -0.471 e. The molecule has 2 N–H and O–H groups in total. The van der Waals surface area contributed by atoms with Crippen molar-refractivity contribution in [3.8, 4) is 5.88 Å². The van der Waals surface area contributed by atoms with E-state index < -0.39 is 0 Å². The molecule has 0 aliphatic carbocycles. The van der Waals surface area contributed by atoms with Crippen LogP contribution in [0.25, 0.3) is 0 Å². The highest BCUT2D eigenvalue weighted by Gasteiger charge is 2.15. The van der Waals surface area contributed by atoms with Gasteiger partial charge in [-0.1, -0.05) is 42.0 Å². The van der Waals surface area contributed by atoms with Gasteiger partial charge in [0, 0.05) is 10.6 Å². The molecule has 0 aliphatic heterocycles. The van der Waals surface area contributed by atoms with Crippen LogP contribution in [0.4, 0.5) is 0 Å². The Morgan fingerprint density at radius 3 is 2.65 bits per heavy atom. The first-order valence-electron chi connectivity index (χ1n) is 6.00. The van der Waals surface area contributed by atoms with E-state index in [-0.39, 0.29) is 11.6 Å². The first kappa shape index (κ1) is 14.7. The normalized spacial score (nSPS) is 10.3. The molecule has 0 saturated heterocycles. The van der Waals surface area contributed by atoms with Crippen LogP contribution in [0.5, 0.6) is 5.88 Å². The Morgan fingerprint density at radius 2 is 2.00 bits per heavy atom. The zero-order valence-electron chi connectivity index (χ0n) is 11.2. The zero-order chi connectivity index (χ0) is 14.7. The molecule has 0 atom stereocenters. The van der Waals surface area contributed by atoms with Gasteiger partial charge in [-0.3, -0.25) is 0 Å². The van der Waals surface area contributed by atoms with Gasteiger partial charge in [-0.25, -0.2) is 0 Å². The van der Waals surface area contributed by atoms with Gasteiger partial charge < -0.3 is 10.5 Å². The van der Waals surface area contributed by atoms with Gasteiger partial charge in [0.25, 0.3) is 0 Å². The van der Waals surface area contributed by atoms with Crippen molar-refractivity contribution in [2.45, 2.75) is 20.5 Å². The maximum atomic E-state index is 6.08. The van der Waals surface area contributed by atoms with Gasteiger partial charge in [-0.15, -0.1) is 5.10 Å². The molecule has 2 rings (SSSR count). The van der Waals surface area contributed by atoms with E-state index in [1.165, 1.54) is 0 Å². The van der Waals surface area contributed by atoms with Crippen LogP contribution in [0.15, 0.2) is 24.3 Å². The number of hydrogen-bond donors (Lipinski definition) is 1. The van der Waals surface area contributed by atoms with E-state index >= 15 is 0 Å². The van der Waals surface area contributed by atoms with Crippen LogP contribution in [0.2, 0.25) is 5.02 Å². The van der Waals surface area contributed by atoms with Gasteiger partial charge in [0.2, 0.25) is 5.88 Å². The van der Waals surface area contributed by atoms with Crippen molar-refractivity contribution >= 4 is 28.8 Å². The summed E-state index contributed by atoms with van der Waals surface area (Å²) >= 11 is 11.1. The monoisotopic (exact) mass is 307 g/mol. The van der Waals surface area contributed by atoms with Crippen LogP contribution >= 0.6 is 23.8 Å². The summed E-state index contributed by atoms with van der Waals surface area (Å²) < 4.78 is 5.68. The lowest BCUT2D eigenvalue weighted by atomic mass is 10.1. The summed E-state index contributed by atoms with van der Waals surface area (Å²) in [5.74, 6) is 0.334. The molecule has 1 aromatic carbocycles. The third-order valence-electron chi connectivity index (χ3n) is 2.99. The van der Waals surface area contributed by atoms with E-state index in [9.17, 15) is 0 Å². The number of aromatic nitrogens is 2. The second-order valence-corrected chi connectivity index (χ2v) is 5.18. The zero-order valence-corrected chi connectivity index (χ0v) is 12.8. The molecular weight excluding hydrogens is 294 g/mol. The summed E-state index contributed by atoms with van der Waals surface area (Å²) in [4.78, 5) is 0.245. The minimum atomic E-state index is 0.245. The smallest absolute Gasteiger partial charge is 0.244 e. The molecule has 0 unspecified atom stereocenters. The van der Waals surface area contributed by atoms with Crippen molar-refractivity contribution in [2.24, 2.45) is 5.73 Å². The van der Waals surface area contributed by atoms with Crippen LogP contribution in [0, 0.1) is 13.8 Å². The Hall–Kier alpha value is -1.72. The fraction of sp³-hybridized carbons (Fsp3) is 0.214. The fourth-order valence-electron chi connectivity index (χ4n) is 1.74. The summed E-state index contributed by atoms with van der Waals surface area (Å²) in [5.41, 5.74) is 8.88. The molecule has 2 aromatic rings. The lowest BCUT2D eigenvalue weighted by Gasteiger charge is -2.13. The van der Waals surface area contributed by atoms with E-state index in [0.717, 1.165) is 16.8 Å². The number of nitrogens with zero attached hydrogens (tertiary/aromatic N) is 2. The summed E-state index contributed by atoms with van der Waals surface area (Å²) in [5, 5.41) is 8.70. The lowest BCUT2D eigenvalue weighted by molar-refractivity contribution is 0.289. The van der Waals surface area contributed by atoms with Gasteiger partial charge in [0.15, 0.2) is 0 Å². The molecule has 0 fully saturated rings. The predicted molar refractivity (Wildman–Crippen MR) is 83.2 cm³/mol. The molecule has 0 amide bonds. The molecule has 0 aliphatic rings. The highest BCUT2D eigenvalue weighted by molar-refractivity contribution is 7.80. The third-order valence-corrected chi connectivity index (χ3v) is 3.56. The molecule has 1 heterocycles. The number of ether oxygens (including phenoxy) is 1. The van der Waals surface area contributed by atoms with Crippen LogP contribution in [-0.4, -0.2) is 15.2 Å². The summed E-state index contributed by atoms with van der Waals surface area (Å²) in [6.45, 7) is 4.02.